The minimum absolute atomic E-state index is 0.00395. The number of aromatic nitrogens is 4. The van der Waals surface area contributed by atoms with Gasteiger partial charge in [-0.1, -0.05) is 32.0 Å². The summed E-state index contributed by atoms with van der Waals surface area (Å²) in [6.45, 7) is 15.5. The number of pyridine rings is 1. The first-order chi connectivity index (χ1) is 32.3. The number of benzene rings is 2. The van der Waals surface area contributed by atoms with E-state index in [2.05, 4.69) is 57.3 Å². The first-order valence-electron chi connectivity index (χ1n) is 23.0. The van der Waals surface area contributed by atoms with Crippen LogP contribution in [-0.4, -0.2) is 91.8 Å². The molecule has 2 fully saturated rings. The number of nitrogens with zero attached hydrogens (tertiary/aromatic N) is 8. The van der Waals surface area contributed by atoms with E-state index in [1.54, 1.807) is 42.5 Å². The number of carbonyl (C=O) groups excluding carboxylic acids is 2. The highest BCUT2D eigenvalue weighted by Crippen LogP contribution is 2.42. The molecular weight excluding hydrogens is 897 g/mol. The maximum absolute atomic E-state index is 14.0. The molecule has 3 aliphatic heterocycles. The quantitative estimate of drug-likeness (QED) is 0.118. The minimum Gasteiger partial charge on any atom is -0.392 e. The van der Waals surface area contributed by atoms with Crippen molar-refractivity contribution in [2.24, 2.45) is 12.5 Å². The third-order valence-electron chi connectivity index (χ3n) is 14.0. The van der Waals surface area contributed by atoms with Crippen LogP contribution in [0.3, 0.4) is 0 Å². The second kappa shape index (κ2) is 18.1. The number of aryl methyl sites for hydroxylation is 1. The third-order valence-corrected chi connectivity index (χ3v) is 14.4. The normalized spacial score (nSPS) is 20.6. The van der Waals surface area contributed by atoms with E-state index in [1.165, 1.54) is 28.0 Å². The summed E-state index contributed by atoms with van der Waals surface area (Å²) < 4.78 is 44.5. The van der Waals surface area contributed by atoms with Crippen LogP contribution in [0.4, 0.5) is 47.6 Å². The summed E-state index contributed by atoms with van der Waals surface area (Å²) in [6, 6.07) is 13.6. The Kier molecular flexibility index (Phi) is 12.5. The number of amides is 2. The Hall–Kier alpha value is -6.17. The lowest BCUT2D eigenvalue weighted by molar-refractivity contribution is -0.137. The molecule has 3 N–H and O–H groups in total. The number of rotatable bonds is 10. The van der Waals surface area contributed by atoms with Crippen LogP contribution in [0.5, 0.6) is 0 Å². The summed E-state index contributed by atoms with van der Waals surface area (Å²) in [7, 11) is 1.61. The Labute approximate surface area is 398 Å². The van der Waals surface area contributed by atoms with Gasteiger partial charge >= 0.3 is 6.18 Å². The van der Waals surface area contributed by atoms with Gasteiger partial charge in [-0.3, -0.25) is 24.2 Å². The zero-order valence-corrected chi connectivity index (χ0v) is 39.6. The monoisotopic (exact) mass is 952 g/mol. The number of piperazine rings is 1. The molecule has 358 valence electrons. The fraction of sp³-hybridized carbons (Fsp3) is 0.420. The number of alkyl halides is 3. The van der Waals surface area contributed by atoms with Crippen LogP contribution in [0.1, 0.15) is 73.4 Å². The van der Waals surface area contributed by atoms with E-state index in [0.717, 1.165) is 50.5 Å². The van der Waals surface area contributed by atoms with Gasteiger partial charge in [0.2, 0.25) is 5.91 Å². The van der Waals surface area contributed by atoms with Gasteiger partial charge in [-0.05, 0) is 105 Å². The predicted molar refractivity (Wildman–Crippen MR) is 259 cm³/mol. The highest BCUT2D eigenvalue weighted by Gasteiger charge is 2.39. The van der Waals surface area contributed by atoms with E-state index in [0.29, 0.717) is 71.6 Å². The van der Waals surface area contributed by atoms with Crippen molar-refractivity contribution in [1.29, 1.82) is 0 Å². The third kappa shape index (κ3) is 8.87. The Bertz CT molecular complexity index is 2880. The smallest absolute Gasteiger partial charge is 0.392 e. The van der Waals surface area contributed by atoms with Crippen LogP contribution in [0, 0.1) is 5.41 Å². The molecule has 3 atom stereocenters. The topological polar surface area (TPSA) is 144 Å². The molecule has 5 aromatic rings. The van der Waals surface area contributed by atoms with Gasteiger partial charge < -0.3 is 34.7 Å². The van der Waals surface area contributed by atoms with Crippen LogP contribution >= 0.6 is 11.6 Å². The Balaban J connectivity index is 0.922. The van der Waals surface area contributed by atoms with Crippen LogP contribution in [-0.2, 0) is 44.0 Å². The molecule has 6 heterocycles. The fourth-order valence-electron chi connectivity index (χ4n) is 10.8. The van der Waals surface area contributed by atoms with Crippen molar-refractivity contribution in [1.82, 2.24) is 24.0 Å². The van der Waals surface area contributed by atoms with E-state index in [9.17, 15) is 32.7 Å². The molecule has 1 unspecified atom stereocenters. The summed E-state index contributed by atoms with van der Waals surface area (Å²) in [6.07, 6.45) is 3.19. The average Bonchev–Trinajstić information content (AvgIpc) is 3.79. The molecule has 2 amide bonds. The first kappa shape index (κ1) is 46.9. The van der Waals surface area contributed by atoms with E-state index >= 15 is 0 Å². The highest BCUT2D eigenvalue weighted by atomic mass is 35.5. The number of fused-ring (bicyclic) bond motifs is 3. The van der Waals surface area contributed by atoms with Gasteiger partial charge in [0.15, 0.2) is 5.82 Å². The van der Waals surface area contributed by atoms with Crippen molar-refractivity contribution in [2.75, 3.05) is 58.1 Å². The standard InChI is InChI=1S/C50H56ClF3N10O4/c1-7-44(66)57-39-22-32(8-11-41(39)62-17-16-60(26-30(62)3)33-13-15-61(29(2)20-33)34-9-10-38(51)37(23-34)50(52,53)54)56-45-48(68)59(6)27-40(58-45)35-12-14-55-46(36(35)28-65)64-19-18-63-42(47(64)67)21-31-24-49(4,5)25-43(31)63/h7-12,14,21-23,27,29-30,33,65H,1,13,15-20,24-26,28H2,2-6H3,(H,56,58)(H,57,66)/t29-,30+,33?/m1/s1. The Morgan fingerprint density at radius 3 is 2.51 bits per heavy atom. The van der Waals surface area contributed by atoms with E-state index in [4.69, 9.17) is 16.6 Å². The number of aliphatic hydroxyl groups excluding tert-OH is 1. The number of halogens is 4. The summed E-state index contributed by atoms with van der Waals surface area (Å²) in [5, 5.41) is 16.6. The summed E-state index contributed by atoms with van der Waals surface area (Å²) in [5.41, 5.74) is 5.50. The van der Waals surface area contributed by atoms with Gasteiger partial charge in [0, 0.05) is 105 Å². The zero-order valence-electron chi connectivity index (χ0n) is 38.8. The molecule has 14 nitrogen and oxygen atoms in total. The van der Waals surface area contributed by atoms with E-state index in [-0.39, 0.29) is 40.3 Å². The molecule has 18 heteroatoms. The molecule has 0 radical (unpaired) electrons. The van der Waals surface area contributed by atoms with Crippen molar-refractivity contribution in [3.8, 4) is 11.3 Å². The van der Waals surface area contributed by atoms with Gasteiger partial charge in [-0.25, -0.2) is 9.97 Å². The van der Waals surface area contributed by atoms with Gasteiger partial charge in [0.25, 0.3) is 11.5 Å². The van der Waals surface area contributed by atoms with Crippen molar-refractivity contribution >= 4 is 57.8 Å². The Morgan fingerprint density at radius 1 is 1.00 bits per heavy atom. The number of hydrogen-bond acceptors (Lipinski definition) is 10. The van der Waals surface area contributed by atoms with Crippen molar-refractivity contribution in [3.63, 3.8) is 0 Å². The summed E-state index contributed by atoms with van der Waals surface area (Å²) in [5.74, 6) is -0.256. The number of carbonyl (C=O) groups is 2. The van der Waals surface area contributed by atoms with Crippen molar-refractivity contribution in [2.45, 2.75) is 90.8 Å². The fourth-order valence-corrected chi connectivity index (χ4v) is 11.0. The minimum atomic E-state index is -4.54. The van der Waals surface area contributed by atoms with E-state index < -0.39 is 29.8 Å². The maximum atomic E-state index is 14.0. The van der Waals surface area contributed by atoms with Gasteiger partial charge in [-0.2, -0.15) is 13.2 Å². The SMILES string of the molecule is C=CC(=O)Nc1cc(Nc2nc(-c3ccnc(N4CCn5c(cc6c5CC(C)(C)C6)C4=O)c3CO)cn(C)c2=O)ccc1N1CCN(C2CCN(c3ccc(Cl)c(C(F)(F)F)c3)[C@H](C)C2)C[C@@H]1C. The van der Waals surface area contributed by atoms with Crippen LogP contribution < -0.4 is 30.9 Å². The molecule has 2 saturated heterocycles. The van der Waals surface area contributed by atoms with Crippen LogP contribution in [0.2, 0.25) is 5.02 Å². The lowest BCUT2D eigenvalue weighted by Gasteiger charge is -2.48. The molecule has 0 spiro atoms. The second-order valence-electron chi connectivity index (χ2n) is 19.3. The number of anilines is 6. The molecule has 0 bridgehead atoms. The largest absolute Gasteiger partial charge is 0.417 e. The number of aliphatic hydroxyl groups is 1. The molecule has 2 aromatic carbocycles. The molecule has 1 aliphatic carbocycles. The second-order valence-corrected chi connectivity index (χ2v) is 19.7. The molecular formula is C50H56ClF3N10O4. The molecule has 4 aliphatic rings. The Morgan fingerprint density at radius 2 is 1.79 bits per heavy atom. The van der Waals surface area contributed by atoms with Gasteiger partial charge in [0.1, 0.15) is 11.5 Å². The highest BCUT2D eigenvalue weighted by molar-refractivity contribution is 6.31. The van der Waals surface area contributed by atoms with E-state index in [1.807, 2.05) is 30.0 Å². The average molecular weight is 954 g/mol. The molecule has 68 heavy (non-hydrogen) atoms. The van der Waals surface area contributed by atoms with Crippen molar-refractivity contribution in [3.05, 3.63) is 117 Å². The van der Waals surface area contributed by atoms with Crippen LogP contribution in [0.25, 0.3) is 11.3 Å². The van der Waals surface area contributed by atoms with Gasteiger partial charge in [0.05, 0.1) is 34.3 Å². The molecule has 3 aromatic heterocycles. The molecule has 0 saturated carbocycles. The number of nitrogens with one attached hydrogen (secondary N) is 2. The number of piperidine rings is 1. The first-order valence-corrected chi connectivity index (χ1v) is 23.4. The van der Waals surface area contributed by atoms with Crippen LogP contribution in [0.15, 0.2) is 78.4 Å². The lowest BCUT2D eigenvalue weighted by atomic mass is 9.90. The molecule has 9 rings (SSSR count). The van der Waals surface area contributed by atoms with Crippen molar-refractivity contribution < 1.29 is 27.9 Å². The maximum Gasteiger partial charge on any atom is 0.417 e. The zero-order chi connectivity index (χ0) is 48.4. The van der Waals surface area contributed by atoms with Gasteiger partial charge in [-0.15, -0.1) is 0 Å². The summed E-state index contributed by atoms with van der Waals surface area (Å²) >= 11 is 5.92. The summed E-state index contributed by atoms with van der Waals surface area (Å²) in [4.78, 5) is 58.2. The number of hydrogen-bond donors (Lipinski definition) is 3. The predicted octanol–water partition coefficient (Wildman–Crippen LogP) is 8.03. The lowest BCUT2D eigenvalue weighted by Crippen LogP contribution is -2.58.